The van der Waals surface area contributed by atoms with Crippen LogP contribution < -0.4 is 5.32 Å². The number of hydrogen-bond donors (Lipinski definition) is 1. The Morgan fingerprint density at radius 1 is 1.42 bits per heavy atom. The van der Waals surface area contributed by atoms with Gasteiger partial charge < -0.3 is 10.2 Å². The number of piperidine rings is 1. The molecule has 1 aliphatic rings. The fourth-order valence-electron chi connectivity index (χ4n) is 2.78. The van der Waals surface area contributed by atoms with Gasteiger partial charge in [0.25, 0.3) is 0 Å². The molecule has 7 heteroatoms. The second-order valence-electron chi connectivity index (χ2n) is 6.19. The van der Waals surface area contributed by atoms with Crippen LogP contribution in [0.2, 0.25) is 0 Å². The van der Waals surface area contributed by atoms with Crippen molar-refractivity contribution in [3.05, 3.63) is 29.8 Å². The first-order valence-electron chi connectivity index (χ1n) is 8.18. The van der Waals surface area contributed by atoms with Gasteiger partial charge in [0.05, 0.1) is 5.75 Å². The molecule has 1 amide bonds. The van der Waals surface area contributed by atoms with Gasteiger partial charge in [-0.15, -0.1) is 10.2 Å². The van der Waals surface area contributed by atoms with Gasteiger partial charge in [0.15, 0.2) is 4.34 Å². The van der Waals surface area contributed by atoms with Crippen molar-refractivity contribution in [1.29, 1.82) is 0 Å². The summed E-state index contributed by atoms with van der Waals surface area (Å²) in [4.78, 5) is 14.3. The van der Waals surface area contributed by atoms with Crippen LogP contribution in [0.4, 0.5) is 10.8 Å². The molecule has 5 nitrogen and oxygen atoms in total. The van der Waals surface area contributed by atoms with E-state index in [1.54, 1.807) is 0 Å². The van der Waals surface area contributed by atoms with Gasteiger partial charge in [0.2, 0.25) is 11.0 Å². The molecule has 1 aromatic heterocycles. The number of aromatic nitrogens is 2. The maximum absolute atomic E-state index is 12.3. The summed E-state index contributed by atoms with van der Waals surface area (Å²) in [6, 6.07) is 8.07. The number of para-hydroxylation sites is 1. The SMILES string of the molecule is Cc1ccccc1Nc1nnc(SCC(=O)N2CCC[C@@H](C)C2)s1. The first kappa shape index (κ1) is 17.2. The molecule has 1 aliphatic heterocycles. The van der Waals surface area contributed by atoms with Crippen LogP contribution in [-0.4, -0.2) is 39.8 Å². The molecule has 3 rings (SSSR count). The van der Waals surface area contributed by atoms with Crippen molar-refractivity contribution < 1.29 is 4.79 Å². The largest absolute Gasteiger partial charge is 0.342 e. The first-order valence-corrected chi connectivity index (χ1v) is 9.99. The number of amides is 1. The number of thioether (sulfide) groups is 1. The Kier molecular flexibility index (Phi) is 5.73. The fourth-order valence-corrected chi connectivity index (χ4v) is 4.44. The Hall–Kier alpha value is -1.60. The van der Waals surface area contributed by atoms with Crippen molar-refractivity contribution in [2.45, 2.75) is 31.0 Å². The van der Waals surface area contributed by atoms with E-state index in [4.69, 9.17) is 0 Å². The summed E-state index contributed by atoms with van der Waals surface area (Å²) in [5, 5.41) is 12.4. The summed E-state index contributed by atoms with van der Waals surface area (Å²) in [6.07, 6.45) is 2.34. The molecular weight excluding hydrogens is 340 g/mol. The first-order chi connectivity index (χ1) is 11.6. The summed E-state index contributed by atoms with van der Waals surface area (Å²) < 4.78 is 0.824. The van der Waals surface area contributed by atoms with Crippen LogP contribution in [-0.2, 0) is 4.79 Å². The summed E-state index contributed by atoms with van der Waals surface area (Å²) in [6.45, 7) is 6.04. The molecule has 24 heavy (non-hydrogen) atoms. The van der Waals surface area contributed by atoms with E-state index in [1.807, 2.05) is 23.1 Å². The highest BCUT2D eigenvalue weighted by Gasteiger charge is 2.21. The van der Waals surface area contributed by atoms with Crippen molar-refractivity contribution in [1.82, 2.24) is 15.1 Å². The minimum Gasteiger partial charge on any atom is -0.342 e. The average molecular weight is 363 g/mol. The molecule has 1 saturated heterocycles. The predicted molar refractivity (Wildman–Crippen MR) is 100 cm³/mol. The Morgan fingerprint density at radius 3 is 3.04 bits per heavy atom. The molecule has 1 aromatic carbocycles. The molecule has 0 saturated carbocycles. The van der Waals surface area contributed by atoms with Gasteiger partial charge in [0, 0.05) is 18.8 Å². The molecule has 1 atom stereocenters. The van der Waals surface area contributed by atoms with Gasteiger partial charge in [-0.25, -0.2) is 0 Å². The summed E-state index contributed by atoms with van der Waals surface area (Å²) >= 11 is 2.96. The van der Waals surface area contributed by atoms with Crippen LogP contribution in [0, 0.1) is 12.8 Å². The van der Waals surface area contributed by atoms with Gasteiger partial charge in [-0.2, -0.15) is 0 Å². The number of carbonyl (C=O) groups is 1. The van der Waals surface area contributed by atoms with Crippen LogP contribution in [0.3, 0.4) is 0 Å². The quantitative estimate of drug-likeness (QED) is 0.817. The van der Waals surface area contributed by atoms with Crippen LogP contribution >= 0.6 is 23.1 Å². The van der Waals surface area contributed by atoms with E-state index in [0.717, 1.165) is 40.2 Å². The number of nitrogens with one attached hydrogen (secondary N) is 1. The van der Waals surface area contributed by atoms with Gasteiger partial charge in [-0.05, 0) is 37.3 Å². The van der Waals surface area contributed by atoms with Crippen molar-refractivity contribution in [3.63, 3.8) is 0 Å². The second-order valence-corrected chi connectivity index (χ2v) is 8.39. The summed E-state index contributed by atoms with van der Waals surface area (Å²) in [5.41, 5.74) is 2.19. The lowest BCUT2D eigenvalue weighted by molar-refractivity contribution is -0.130. The molecule has 2 heterocycles. The van der Waals surface area contributed by atoms with Crippen LogP contribution in [0.5, 0.6) is 0 Å². The highest BCUT2D eigenvalue weighted by Crippen LogP contribution is 2.29. The second kappa shape index (κ2) is 7.98. The Balaban J connectivity index is 1.53. The number of aryl methyl sites for hydroxylation is 1. The van der Waals surface area contributed by atoms with Gasteiger partial charge >= 0.3 is 0 Å². The molecule has 0 radical (unpaired) electrons. The zero-order valence-corrected chi connectivity index (χ0v) is 15.6. The number of likely N-dealkylation sites (tertiary alicyclic amines) is 1. The molecule has 0 unspecified atom stereocenters. The van der Waals surface area contributed by atoms with E-state index in [1.165, 1.54) is 29.5 Å². The van der Waals surface area contributed by atoms with Crippen LogP contribution in [0.25, 0.3) is 0 Å². The van der Waals surface area contributed by atoms with E-state index in [9.17, 15) is 4.79 Å². The Labute approximate surface area is 150 Å². The van der Waals surface area contributed by atoms with Crippen molar-refractivity contribution >= 4 is 39.8 Å². The van der Waals surface area contributed by atoms with E-state index in [-0.39, 0.29) is 5.91 Å². The number of rotatable bonds is 5. The van der Waals surface area contributed by atoms with E-state index >= 15 is 0 Å². The molecule has 1 N–H and O–H groups in total. The Morgan fingerprint density at radius 2 is 2.25 bits per heavy atom. The molecule has 1 fully saturated rings. The topological polar surface area (TPSA) is 58.1 Å². The van der Waals surface area contributed by atoms with E-state index in [2.05, 4.69) is 35.4 Å². The van der Waals surface area contributed by atoms with E-state index < -0.39 is 0 Å². The zero-order chi connectivity index (χ0) is 16.9. The number of hydrogen-bond acceptors (Lipinski definition) is 6. The average Bonchev–Trinajstić information content (AvgIpc) is 3.02. The lowest BCUT2D eigenvalue weighted by atomic mass is 10.0. The normalized spacial score (nSPS) is 17.8. The molecule has 128 valence electrons. The predicted octanol–water partition coefficient (Wildman–Crippen LogP) is 3.94. The van der Waals surface area contributed by atoms with Crippen molar-refractivity contribution in [2.75, 3.05) is 24.2 Å². The van der Waals surface area contributed by atoms with Gasteiger partial charge in [-0.3, -0.25) is 4.79 Å². The van der Waals surface area contributed by atoms with Gasteiger partial charge in [-0.1, -0.05) is 48.2 Å². The third-order valence-corrected chi connectivity index (χ3v) is 6.08. The number of carbonyl (C=O) groups excluding carboxylic acids is 1. The number of anilines is 2. The van der Waals surface area contributed by atoms with Crippen LogP contribution in [0.15, 0.2) is 28.6 Å². The summed E-state index contributed by atoms with van der Waals surface area (Å²) in [5.74, 6) is 1.25. The minimum atomic E-state index is 0.204. The molecule has 0 aliphatic carbocycles. The Bertz CT molecular complexity index is 703. The molecule has 0 bridgehead atoms. The molecule has 2 aromatic rings. The lowest BCUT2D eigenvalue weighted by Gasteiger charge is -2.30. The third kappa shape index (κ3) is 4.48. The van der Waals surface area contributed by atoms with E-state index in [0.29, 0.717) is 11.7 Å². The third-order valence-electron chi connectivity index (χ3n) is 4.12. The standard InChI is InChI=1S/C17H22N4OS2/c1-12-6-5-9-21(10-12)15(22)11-23-17-20-19-16(24-17)18-14-8-4-3-7-13(14)2/h3-4,7-8,12H,5-6,9-11H2,1-2H3,(H,18,19)/t12-/m1/s1. The minimum absolute atomic E-state index is 0.204. The maximum Gasteiger partial charge on any atom is 0.233 e. The van der Waals surface area contributed by atoms with Crippen molar-refractivity contribution in [3.8, 4) is 0 Å². The molecule has 0 spiro atoms. The number of benzene rings is 1. The van der Waals surface area contributed by atoms with Gasteiger partial charge in [0.1, 0.15) is 0 Å². The monoisotopic (exact) mass is 362 g/mol. The highest BCUT2D eigenvalue weighted by molar-refractivity contribution is 8.01. The number of nitrogens with zero attached hydrogens (tertiary/aromatic N) is 3. The lowest BCUT2D eigenvalue weighted by Crippen LogP contribution is -2.40. The zero-order valence-electron chi connectivity index (χ0n) is 14.0. The smallest absolute Gasteiger partial charge is 0.233 e. The van der Waals surface area contributed by atoms with Crippen LogP contribution in [0.1, 0.15) is 25.3 Å². The maximum atomic E-state index is 12.3. The highest BCUT2D eigenvalue weighted by atomic mass is 32.2. The summed E-state index contributed by atoms with van der Waals surface area (Å²) in [7, 11) is 0. The van der Waals surface area contributed by atoms with Crippen molar-refractivity contribution in [2.24, 2.45) is 5.92 Å². The molecular formula is C17H22N4OS2. The fraction of sp³-hybridized carbons (Fsp3) is 0.471.